The molecule has 0 aliphatic heterocycles. The summed E-state index contributed by atoms with van der Waals surface area (Å²) in [6.07, 6.45) is 5.74. The van der Waals surface area contributed by atoms with E-state index < -0.39 is 16.1 Å². The molecule has 196 valence electrons. The minimum absolute atomic E-state index is 0.118. The maximum absolute atomic E-state index is 13.4. The molecule has 1 N–H and O–H groups in total. The highest BCUT2D eigenvalue weighted by Gasteiger charge is 2.28. The van der Waals surface area contributed by atoms with Gasteiger partial charge in [0.1, 0.15) is 6.04 Å². The van der Waals surface area contributed by atoms with Crippen molar-refractivity contribution in [2.24, 2.45) is 0 Å². The molecule has 7 nitrogen and oxygen atoms in total. The lowest BCUT2D eigenvalue weighted by Crippen LogP contribution is -2.49. The van der Waals surface area contributed by atoms with Crippen molar-refractivity contribution in [3.05, 3.63) is 64.7 Å². The molecule has 1 aliphatic rings. The highest BCUT2D eigenvalue weighted by atomic mass is 35.5. The Kier molecular flexibility index (Phi) is 9.79. The molecule has 1 aliphatic carbocycles. The van der Waals surface area contributed by atoms with Gasteiger partial charge in [-0.25, -0.2) is 8.42 Å². The fraction of sp³-hybridized carbons (Fsp3) is 0.481. The summed E-state index contributed by atoms with van der Waals surface area (Å²) >= 11 is 6.02. The van der Waals surface area contributed by atoms with Crippen LogP contribution in [-0.4, -0.2) is 50.0 Å². The van der Waals surface area contributed by atoms with Crippen molar-refractivity contribution in [3.8, 4) is 0 Å². The number of hydrogen-bond acceptors (Lipinski definition) is 4. The van der Waals surface area contributed by atoms with E-state index in [0.717, 1.165) is 36.8 Å². The maximum Gasteiger partial charge on any atom is 0.242 e. The summed E-state index contributed by atoms with van der Waals surface area (Å²) in [6, 6.07) is 14.0. The Hall–Kier alpha value is -2.58. The number of rotatable bonds is 11. The zero-order valence-electron chi connectivity index (χ0n) is 21.2. The molecule has 0 heterocycles. The largest absolute Gasteiger partial charge is 0.352 e. The fourth-order valence-corrected chi connectivity index (χ4v) is 5.63. The van der Waals surface area contributed by atoms with Gasteiger partial charge < -0.3 is 10.2 Å². The van der Waals surface area contributed by atoms with Crippen LogP contribution in [0.3, 0.4) is 0 Å². The zero-order chi connectivity index (χ0) is 26.3. The average Bonchev–Trinajstić information content (AvgIpc) is 3.33. The van der Waals surface area contributed by atoms with Crippen molar-refractivity contribution in [2.45, 2.75) is 71.0 Å². The van der Waals surface area contributed by atoms with E-state index in [1.165, 1.54) is 10.6 Å². The lowest BCUT2D eigenvalue weighted by atomic mass is 10.1. The van der Waals surface area contributed by atoms with Crippen molar-refractivity contribution in [1.29, 1.82) is 0 Å². The van der Waals surface area contributed by atoms with Gasteiger partial charge in [-0.1, -0.05) is 48.7 Å². The molecule has 0 unspecified atom stereocenters. The molecule has 1 atom stereocenters. The predicted molar refractivity (Wildman–Crippen MR) is 144 cm³/mol. The van der Waals surface area contributed by atoms with Gasteiger partial charge in [0.25, 0.3) is 0 Å². The Morgan fingerprint density at radius 2 is 1.78 bits per heavy atom. The number of sulfonamides is 1. The first-order valence-corrected chi connectivity index (χ1v) is 14.7. The van der Waals surface area contributed by atoms with Gasteiger partial charge in [0, 0.05) is 30.6 Å². The van der Waals surface area contributed by atoms with Crippen LogP contribution >= 0.6 is 11.6 Å². The molecule has 0 spiro atoms. The van der Waals surface area contributed by atoms with Gasteiger partial charge in [-0.15, -0.1) is 0 Å². The van der Waals surface area contributed by atoms with Gasteiger partial charge in [0.2, 0.25) is 21.8 Å². The molecule has 0 saturated heterocycles. The second-order valence-electron chi connectivity index (χ2n) is 9.59. The minimum atomic E-state index is -3.52. The molecule has 1 fully saturated rings. The summed E-state index contributed by atoms with van der Waals surface area (Å²) < 4.78 is 26.2. The lowest BCUT2D eigenvalue weighted by molar-refractivity contribution is -0.141. The van der Waals surface area contributed by atoms with E-state index in [-0.39, 0.29) is 37.4 Å². The summed E-state index contributed by atoms with van der Waals surface area (Å²) in [5.41, 5.74) is 2.39. The van der Waals surface area contributed by atoms with Crippen molar-refractivity contribution >= 4 is 39.1 Å². The van der Waals surface area contributed by atoms with Gasteiger partial charge in [-0.05, 0) is 68.5 Å². The van der Waals surface area contributed by atoms with Crippen LogP contribution in [0.5, 0.6) is 0 Å². The van der Waals surface area contributed by atoms with E-state index in [9.17, 15) is 18.0 Å². The van der Waals surface area contributed by atoms with E-state index in [2.05, 4.69) is 5.32 Å². The number of amides is 2. The van der Waals surface area contributed by atoms with Gasteiger partial charge in [0.05, 0.1) is 11.9 Å². The quantitative estimate of drug-likeness (QED) is 0.454. The number of anilines is 1. The van der Waals surface area contributed by atoms with E-state index >= 15 is 0 Å². The van der Waals surface area contributed by atoms with Crippen molar-refractivity contribution in [2.75, 3.05) is 17.1 Å². The number of nitrogens with zero attached hydrogens (tertiary/aromatic N) is 2. The Balaban J connectivity index is 1.71. The molecule has 2 aromatic carbocycles. The predicted octanol–water partition coefficient (Wildman–Crippen LogP) is 4.67. The Morgan fingerprint density at radius 1 is 1.11 bits per heavy atom. The summed E-state index contributed by atoms with van der Waals surface area (Å²) in [4.78, 5) is 28.0. The molecular formula is C27H36ClN3O4S. The molecule has 0 bridgehead atoms. The van der Waals surface area contributed by atoms with Crippen LogP contribution in [0, 0.1) is 6.92 Å². The molecule has 1 saturated carbocycles. The number of aryl methyl sites for hydroxylation is 1. The summed E-state index contributed by atoms with van der Waals surface area (Å²) in [6.45, 7) is 4.09. The smallest absolute Gasteiger partial charge is 0.242 e. The lowest BCUT2D eigenvalue weighted by Gasteiger charge is -2.30. The SMILES string of the molecule is Cc1cccc(N(CCCC(=O)N(Cc2ccc(Cl)cc2)[C@H](C)C(=O)NC2CCCC2)S(C)(=O)=O)c1. The summed E-state index contributed by atoms with van der Waals surface area (Å²) in [5.74, 6) is -0.363. The molecule has 9 heteroatoms. The fourth-order valence-electron chi connectivity index (χ4n) is 4.55. The Morgan fingerprint density at radius 3 is 2.39 bits per heavy atom. The highest BCUT2D eigenvalue weighted by Crippen LogP contribution is 2.21. The molecule has 2 aromatic rings. The van der Waals surface area contributed by atoms with Crippen LogP contribution in [0.4, 0.5) is 5.69 Å². The number of halogens is 1. The van der Waals surface area contributed by atoms with E-state index in [1.807, 2.05) is 37.3 Å². The van der Waals surface area contributed by atoms with Crippen LogP contribution in [0.1, 0.15) is 56.6 Å². The number of benzene rings is 2. The third kappa shape index (κ3) is 7.96. The van der Waals surface area contributed by atoms with Crippen LogP contribution in [0.15, 0.2) is 48.5 Å². The topological polar surface area (TPSA) is 86.8 Å². The highest BCUT2D eigenvalue weighted by molar-refractivity contribution is 7.92. The third-order valence-corrected chi connectivity index (χ3v) is 8.02. The van der Waals surface area contributed by atoms with Crippen molar-refractivity contribution in [3.63, 3.8) is 0 Å². The number of nitrogens with one attached hydrogen (secondary N) is 1. The summed E-state index contributed by atoms with van der Waals surface area (Å²) in [5, 5.41) is 3.69. The standard InChI is InChI=1S/C27H36ClN3O4S/c1-20-8-6-11-25(18-20)31(36(3,34)35)17-7-12-26(32)30(19-22-13-15-23(28)16-14-22)21(2)27(33)29-24-9-4-5-10-24/h6,8,11,13-16,18,21,24H,4-5,7,9-10,12,17,19H2,1-3H3,(H,29,33)/t21-/m1/s1. The van der Waals surface area contributed by atoms with Crippen molar-refractivity contribution < 1.29 is 18.0 Å². The molecule has 0 radical (unpaired) electrons. The van der Waals surface area contributed by atoms with Crippen LogP contribution in [0.25, 0.3) is 0 Å². The van der Waals surface area contributed by atoms with Gasteiger partial charge in [-0.2, -0.15) is 0 Å². The van der Waals surface area contributed by atoms with Gasteiger partial charge in [0.15, 0.2) is 0 Å². The van der Waals surface area contributed by atoms with Crippen molar-refractivity contribution in [1.82, 2.24) is 10.2 Å². The van der Waals surface area contributed by atoms with E-state index in [0.29, 0.717) is 17.1 Å². The van der Waals surface area contributed by atoms with Crippen LogP contribution in [-0.2, 0) is 26.2 Å². The first-order chi connectivity index (χ1) is 17.0. The van der Waals surface area contributed by atoms with Gasteiger partial charge in [-0.3, -0.25) is 13.9 Å². The molecular weight excluding hydrogens is 498 g/mol. The zero-order valence-corrected chi connectivity index (χ0v) is 22.8. The maximum atomic E-state index is 13.4. The van der Waals surface area contributed by atoms with E-state index in [1.54, 1.807) is 30.0 Å². The Bertz CT molecular complexity index is 1150. The normalized spacial score (nSPS) is 14.9. The second-order valence-corrected chi connectivity index (χ2v) is 11.9. The molecule has 0 aromatic heterocycles. The number of hydrogen-bond donors (Lipinski definition) is 1. The number of carbonyl (C=O) groups is 2. The molecule has 36 heavy (non-hydrogen) atoms. The second kappa shape index (κ2) is 12.6. The molecule has 2 amide bonds. The molecule has 3 rings (SSSR count). The number of carbonyl (C=O) groups excluding carboxylic acids is 2. The van der Waals surface area contributed by atoms with Crippen LogP contribution in [0.2, 0.25) is 5.02 Å². The van der Waals surface area contributed by atoms with Crippen LogP contribution < -0.4 is 9.62 Å². The first kappa shape index (κ1) is 28.0. The Labute approximate surface area is 219 Å². The van der Waals surface area contributed by atoms with Gasteiger partial charge >= 0.3 is 0 Å². The first-order valence-electron chi connectivity index (χ1n) is 12.4. The van der Waals surface area contributed by atoms with E-state index in [4.69, 9.17) is 11.6 Å². The monoisotopic (exact) mass is 533 g/mol. The minimum Gasteiger partial charge on any atom is -0.352 e. The summed E-state index contributed by atoms with van der Waals surface area (Å²) in [7, 11) is -3.52. The average molecular weight is 534 g/mol. The third-order valence-electron chi connectivity index (χ3n) is 6.58.